The van der Waals surface area contributed by atoms with E-state index in [2.05, 4.69) is 30.6 Å². The molecule has 3 aliphatic heterocycles. The van der Waals surface area contributed by atoms with Gasteiger partial charge in [0, 0.05) is 31.1 Å². The van der Waals surface area contributed by atoms with Gasteiger partial charge in [-0.25, -0.2) is 0 Å². The first kappa shape index (κ1) is 13.4. The van der Waals surface area contributed by atoms with Gasteiger partial charge in [0.1, 0.15) is 0 Å². The van der Waals surface area contributed by atoms with Crippen LogP contribution in [-0.2, 0) is 4.79 Å². The Kier molecular flexibility index (Phi) is 3.36. The first-order chi connectivity index (χ1) is 9.00. The van der Waals surface area contributed by atoms with Crippen molar-refractivity contribution in [1.29, 1.82) is 0 Å². The van der Waals surface area contributed by atoms with Crippen LogP contribution in [0.4, 0.5) is 0 Å². The van der Waals surface area contributed by atoms with Crippen molar-refractivity contribution in [2.75, 3.05) is 19.6 Å². The Morgan fingerprint density at radius 1 is 1.16 bits per heavy atom. The van der Waals surface area contributed by atoms with Gasteiger partial charge in [-0.2, -0.15) is 0 Å². The Balaban J connectivity index is 1.58. The fraction of sp³-hybridized carbons (Fsp3) is 0.938. The molecule has 0 aromatic heterocycles. The van der Waals surface area contributed by atoms with Crippen molar-refractivity contribution in [3.63, 3.8) is 0 Å². The molecule has 4 aliphatic rings. The van der Waals surface area contributed by atoms with Crippen LogP contribution in [-0.4, -0.2) is 47.4 Å². The van der Waals surface area contributed by atoms with Crippen LogP contribution in [0.2, 0.25) is 0 Å². The number of fused-ring (bicyclic) bond motifs is 2. The number of carbonyl (C=O) groups excluding carboxylic acids is 1. The van der Waals surface area contributed by atoms with E-state index in [1.165, 1.54) is 19.3 Å². The molecule has 0 N–H and O–H groups in total. The van der Waals surface area contributed by atoms with Gasteiger partial charge >= 0.3 is 0 Å². The Morgan fingerprint density at radius 2 is 1.74 bits per heavy atom. The summed E-state index contributed by atoms with van der Waals surface area (Å²) >= 11 is 0. The van der Waals surface area contributed by atoms with Crippen LogP contribution in [0.3, 0.4) is 0 Å². The largest absolute Gasteiger partial charge is 0.334 e. The lowest BCUT2D eigenvalue weighted by atomic mass is 9.72. The third kappa shape index (κ3) is 2.42. The van der Waals surface area contributed by atoms with Crippen molar-refractivity contribution < 1.29 is 4.79 Å². The molecule has 1 saturated carbocycles. The normalized spacial score (nSPS) is 35.0. The molecule has 0 aromatic rings. The van der Waals surface area contributed by atoms with E-state index in [-0.39, 0.29) is 0 Å². The van der Waals surface area contributed by atoms with Gasteiger partial charge < -0.3 is 4.90 Å². The number of rotatable bonds is 2. The summed E-state index contributed by atoms with van der Waals surface area (Å²) in [6, 6.07) is 1.06. The Labute approximate surface area is 117 Å². The average molecular weight is 264 g/mol. The lowest BCUT2D eigenvalue weighted by molar-refractivity contribution is -0.160. The van der Waals surface area contributed by atoms with Crippen molar-refractivity contribution in [2.24, 2.45) is 11.3 Å². The molecule has 3 heterocycles. The van der Waals surface area contributed by atoms with Crippen LogP contribution < -0.4 is 0 Å². The van der Waals surface area contributed by atoms with E-state index < -0.39 is 0 Å². The fourth-order valence-electron chi connectivity index (χ4n) is 4.17. The maximum absolute atomic E-state index is 12.7. The summed E-state index contributed by atoms with van der Waals surface area (Å²) in [5.74, 6) is 0.805. The zero-order valence-electron chi connectivity index (χ0n) is 12.7. The maximum atomic E-state index is 12.7. The lowest BCUT2D eigenvalue weighted by Gasteiger charge is -2.57. The molecule has 19 heavy (non-hydrogen) atoms. The molecule has 108 valence electrons. The molecule has 3 heteroatoms. The molecule has 3 nitrogen and oxygen atoms in total. The number of likely N-dealkylation sites (N-methyl/N-ethyl adjacent to an activating group) is 1. The minimum atomic E-state index is 0.325. The molecule has 0 radical (unpaired) electrons. The monoisotopic (exact) mass is 264 g/mol. The Morgan fingerprint density at radius 3 is 2.26 bits per heavy atom. The topological polar surface area (TPSA) is 23.6 Å². The van der Waals surface area contributed by atoms with Gasteiger partial charge in [0.15, 0.2) is 0 Å². The molecule has 2 bridgehead atoms. The Bertz CT molecular complexity index is 344. The number of hydrogen-bond acceptors (Lipinski definition) is 2. The van der Waals surface area contributed by atoms with Gasteiger partial charge in [0.25, 0.3) is 0 Å². The molecule has 4 rings (SSSR count). The molecule has 2 atom stereocenters. The van der Waals surface area contributed by atoms with Crippen molar-refractivity contribution in [1.82, 2.24) is 9.80 Å². The molecular formula is C16H28N2O. The minimum absolute atomic E-state index is 0.325. The van der Waals surface area contributed by atoms with Crippen molar-refractivity contribution in [2.45, 2.75) is 65.0 Å². The second-order valence-electron chi connectivity index (χ2n) is 7.58. The summed E-state index contributed by atoms with van der Waals surface area (Å²) in [6.45, 7) is 10.2. The predicted octanol–water partition coefficient (Wildman–Crippen LogP) is 2.51. The highest BCUT2D eigenvalue weighted by Crippen LogP contribution is 2.41. The summed E-state index contributed by atoms with van der Waals surface area (Å²) in [5.41, 5.74) is 0.459. The van der Waals surface area contributed by atoms with Crippen LogP contribution in [0.15, 0.2) is 0 Å². The molecule has 0 spiro atoms. The average Bonchev–Trinajstić information content (AvgIpc) is 2.38. The first-order valence-electron chi connectivity index (χ1n) is 8.05. The maximum Gasteiger partial charge on any atom is 0.226 e. The Hall–Kier alpha value is -0.570. The van der Waals surface area contributed by atoms with E-state index in [9.17, 15) is 4.79 Å². The van der Waals surface area contributed by atoms with Crippen molar-refractivity contribution in [3.8, 4) is 0 Å². The van der Waals surface area contributed by atoms with Crippen LogP contribution >= 0.6 is 0 Å². The van der Waals surface area contributed by atoms with E-state index >= 15 is 0 Å². The van der Waals surface area contributed by atoms with Crippen LogP contribution in [0.25, 0.3) is 0 Å². The molecule has 1 amide bonds. The summed E-state index contributed by atoms with van der Waals surface area (Å²) < 4.78 is 0. The van der Waals surface area contributed by atoms with Gasteiger partial charge in [0.2, 0.25) is 5.91 Å². The number of amides is 1. The first-order valence-corrected chi connectivity index (χ1v) is 8.05. The second-order valence-corrected chi connectivity index (χ2v) is 7.58. The number of hydrogen-bond donors (Lipinski definition) is 0. The van der Waals surface area contributed by atoms with E-state index in [1.54, 1.807) is 0 Å². The molecule has 2 unspecified atom stereocenters. The molecule has 0 aromatic carbocycles. The smallest absolute Gasteiger partial charge is 0.226 e. The number of piperidine rings is 1. The molecule has 1 aliphatic carbocycles. The van der Waals surface area contributed by atoms with Crippen LogP contribution in [0.1, 0.15) is 52.9 Å². The third-order valence-electron chi connectivity index (χ3n) is 5.66. The number of carbonyl (C=O) groups is 1. The van der Waals surface area contributed by atoms with Crippen LogP contribution in [0.5, 0.6) is 0 Å². The van der Waals surface area contributed by atoms with Gasteiger partial charge in [-0.3, -0.25) is 9.69 Å². The number of nitrogens with zero attached hydrogens (tertiary/aromatic N) is 2. The van der Waals surface area contributed by atoms with E-state index in [0.29, 0.717) is 29.3 Å². The highest BCUT2D eigenvalue weighted by Gasteiger charge is 2.48. The van der Waals surface area contributed by atoms with Crippen molar-refractivity contribution in [3.05, 3.63) is 0 Å². The second kappa shape index (κ2) is 4.76. The highest BCUT2D eigenvalue weighted by molar-refractivity contribution is 5.80. The fourth-order valence-corrected chi connectivity index (χ4v) is 4.17. The summed E-state index contributed by atoms with van der Waals surface area (Å²) in [7, 11) is 0. The lowest BCUT2D eigenvalue weighted by Crippen LogP contribution is -2.70. The molecular weight excluding hydrogens is 236 g/mol. The third-order valence-corrected chi connectivity index (χ3v) is 5.66. The van der Waals surface area contributed by atoms with Gasteiger partial charge in [-0.05, 0) is 44.1 Å². The quantitative estimate of drug-likeness (QED) is 0.765. The molecule has 4 fully saturated rings. The number of piperazine rings is 1. The van der Waals surface area contributed by atoms with Gasteiger partial charge in [-0.1, -0.05) is 20.8 Å². The standard InChI is InChI=1S/C16H28N2O/c1-4-17-10-13-9-14(11-17)18(13)15(19)12-5-7-16(2,3)8-6-12/h12-14H,4-11H2,1-3H3. The van der Waals surface area contributed by atoms with Gasteiger partial charge in [-0.15, -0.1) is 0 Å². The predicted molar refractivity (Wildman–Crippen MR) is 76.9 cm³/mol. The zero-order valence-corrected chi connectivity index (χ0v) is 12.7. The summed E-state index contributed by atoms with van der Waals surface area (Å²) in [5, 5.41) is 0. The molecule has 3 saturated heterocycles. The van der Waals surface area contributed by atoms with E-state index in [0.717, 1.165) is 32.5 Å². The summed E-state index contributed by atoms with van der Waals surface area (Å²) in [4.78, 5) is 17.4. The minimum Gasteiger partial charge on any atom is -0.334 e. The van der Waals surface area contributed by atoms with Crippen molar-refractivity contribution >= 4 is 5.91 Å². The summed E-state index contributed by atoms with van der Waals surface area (Å²) in [6.07, 6.45) is 5.90. The van der Waals surface area contributed by atoms with E-state index in [4.69, 9.17) is 0 Å². The van der Waals surface area contributed by atoms with E-state index in [1.807, 2.05) is 0 Å². The SMILES string of the molecule is CCN1CC2CC(C1)N2C(=O)C1CCC(C)(C)CC1. The van der Waals surface area contributed by atoms with Crippen LogP contribution in [0, 0.1) is 11.3 Å². The highest BCUT2D eigenvalue weighted by atomic mass is 16.2. The zero-order chi connectivity index (χ0) is 13.6. The van der Waals surface area contributed by atoms with Gasteiger partial charge in [0.05, 0.1) is 0 Å².